The highest BCUT2D eigenvalue weighted by molar-refractivity contribution is 6.08. The van der Waals surface area contributed by atoms with Crippen LogP contribution in [0, 0.1) is 0 Å². The second-order valence-corrected chi connectivity index (χ2v) is 4.50. The fourth-order valence-electron chi connectivity index (χ4n) is 2.09. The zero-order valence-corrected chi connectivity index (χ0v) is 12.3. The van der Waals surface area contributed by atoms with Gasteiger partial charge in [0.05, 0.1) is 19.8 Å². The van der Waals surface area contributed by atoms with E-state index in [0.717, 1.165) is 0 Å². The van der Waals surface area contributed by atoms with Crippen molar-refractivity contribution in [2.24, 2.45) is 0 Å². The number of anilines is 2. The maximum atomic E-state index is 12.7. The summed E-state index contributed by atoms with van der Waals surface area (Å²) in [6.07, 6.45) is 0. The van der Waals surface area contributed by atoms with Gasteiger partial charge in [-0.3, -0.25) is 4.79 Å². The Balaban J connectivity index is 2.40. The Morgan fingerprint density at radius 3 is 2.43 bits per heavy atom. The molecular weight excluding hydrogens is 268 g/mol. The molecule has 0 heterocycles. The number of hydrogen-bond acceptors (Lipinski definition) is 4. The molecule has 0 bridgehead atoms. The van der Waals surface area contributed by atoms with E-state index in [1.54, 1.807) is 43.4 Å². The second kappa shape index (κ2) is 6.17. The minimum atomic E-state index is -0.198. The van der Waals surface area contributed by atoms with Crippen LogP contribution in [0.4, 0.5) is 11.4 Å². The zero-order valence-electron chi connectivity index (χ0n) is 12.3. The van der Waals surface area contributed by atoms with Gasteiger partial charge in [-0.1, -0.05) is 12.1 Å². The number of rotatable bonds is 4. The molecule has 0 fully saturated rings. The standard InChI is InChI=1S/C16H18N2O3/c1-18(12-7-4-6-11(17)10-12)16(19)13-8-5-9-14(20-2)15(13)21-3/h4-10H,17H2,1-3H3. The number of carbonyl (C=O) groups is 1. The van der Waals surface area contributed by atoms with E-state index in [0.29, 0.717) is 28.4 Å². The molecule has 0 aromatic heterocycles. The molecule has 0 radical (unpaired) electrons. The fourth-order valence-corrected chi connectivity index (χ4v) is 2.09. The Kier molecular flexibility index (Phi) is 4.33. The number of benzene rings is 2. The van der Waals surface area contributed by atoms with Crippen molar-refractivity contribution in [3.8, 4) is 11.5 Å². The number of ether oxygens (including phenoxy) is 2. The monoisotopic (exact) mass is 286 g/mol. The molecule has 0 aliphatic rings. The predicted octanol–water partition coefficient (Wildman–Crippen LogP) is 2.56. The predicted molar refractivity (Wildman–Crippen MR) is 83.1 cm³/mol. The van der Waals surface area contributed by atoms with Gasteiger partial charge < -0.3 is 20.1 Å². The quantitative estimate of drug-likeness (QED) is 0.877. The smallest absolute Gasteiger partial charge is 0.261 e. The molecule has 0 aliphatic carbocycles. The maximum Gasteiger partial charge on any atom is 0.261 e. The highest BCUT2D eigenvalue weighted by atomic mass is 16.5. The van der Waals surface area contributed by atoms with Gasteiger partial charge >= 0.3 is 0 Å². The van der Waals surface area contributed by atoms with Gasteiger partial charge in [0.1, 0.15) is 0 Å². The van der Waals surface area contributed by atoms with Crippen molar-refractivity contribution in [3.63, 3.8) is 0 Å². The molecule has 0 spiro atoms. The minimum absolute atomic E-state index is 0.198. The third-order valence-electron chi connectivity index (χ3n) is 3.20. The van der Waals surface area contributed by atoms with Crippen LogP contribution in [-0.4, -0.2) is 27.2 Å². The molecule has 0 saturated heterocycles. The van der Waals surface area contributed by atoms with Crippen molar-refractivity contribution in [2.75, 3.05) is 31.9 Å². The van der Waals surface area contributed by atoms with E-state index in [9.17, 15) is 4.79 Å². The van der Waals surface area contributed by atoms with E-state index in [1.807, 2.05) is 6.07 Å². The Labute approximate surface area is 123 Å². The number of para-hydroxylation sites is 1. The molecule has 2 aromatic rings. The highest BCUT2D eigenvalue weighted by Crippen LogP contribution is 2.32. The molecule has 0 atom stereocenters. The van der Waals surface area contributed by atoms with Gasteiger partial charge in [0, 0.05) is 18.4 Å². The summed E-state index contributed by atoms with van der Waals surface area (Å²) in [5.41, 5.74) is 7.50. The van der Waals surface area contributed by atoms with Gasteiger partial charge in [-0.2, -0.15) is 0 Å². The molecule has 2 aromatic carbocycles. The number of nitrogens with two attached hydrogens (primary N) is 1. The van der Waals surface area contributed by atoms with Crippen LogP contribution in [0.5, 0.6) is 11.5 Å². The third-order valence-corrected chi connectivity index (χ3v) is 3.20. The molecule has 5 nitrogen and oxygen atoms in total. The molecule has 5 heteroatoms. The van der Waals surface area contributed by atoms with E-state index in [1.165, 1.54) is 19.1 Å². The summed E-state index contributed by atoms with van der Waals surface area (Å²) in [7, 11) is 4.73. The van der Waals surface area contributed by atoms with Gasteiger partial charge in [-0.05, 0) is 30.3 Å². The largest absolute Gasteiger partial charge is 0.493 e. The second-order valence-electron chi connectivity index (χ2n) is 4.50. The van der Waals surface area contributed by atoms with Crippen molar-refractivity contribution < 1.29 is 14.3 Å². The molecule has 2 N–H and O–H groups in total. The number of amides is 1. The van der Waals surface area contributed by atoms with Crippen LogP contribution in [0.3, 0.4) is 0 Å². The van der Waals surface area contributed by atoms with Crippen molar-refractivity contribution in [3.05, 3.63) is 48.0 Å². The van der Waals surface area contributed by atoms with Crippen molar-refractivity contribution in [1.82, 2.24) is 0 Å². The molecular formula is C16H18N2O3. The van der Waals surface area contributed by atoms with Crippen LogP contribution < -0.4 is 20.1 Å². The molecule has 1 amide bonds. The number of hydrogen-bond donors (Lipinski definition) is 1. The Morgan fingerprint density at radius 2 is 1.81 bits per heavy atom. The van der Waals surface area contributed by atoms with E-state index < -0.39 is 0 Å². The van der Waals surface area contributed by atoms with Gasteiger partial charge in [-0.25, -0.2) is 0 Å². The van der Waals surface area contributed by atoms with Gasteiger partial charge in [0.25, 0.3) is 5.91 Å². The summed E-state index contributed by atoms with van der Waals surface area (Å²) in [6.45, 7) is 0. The first-order valence-electron chi connectivity index (χ1n) is 6.43. The summed E-state index contributed by atoms with van der Waals surface area (Å²) in [6, 6.07) is 12.3. The fraction of sp³-hybridized carbons (Fsp3) is 0.188. The van der Waals surface area contributed by atoms with Gasteiger partial charge in [0.15, 0.2) is 11.5 Å². The van der Waals surface area contributed by atoms with Gasteiger partial charge in [-0.15, -0.1) is 0 Å². The molecule has 21 heavy (non-hydrogen) atoms. The lowest BCUT2D eigenvalue weighted by molar-refractivity contribution is 0.0989. The van der Waals surface area contributed by atoms with E-state index >= 15 is 0 Å². The summed E-state index contributed by atoms with van der Waals surface area (Å²) < 4.78 is 10.5. The first-order valence-corrected chi connectivity index (χ1v) is 6.43. The Hall–Kier alpha value is -2.69. The van der Waals surface area contributed by atoms with Crippen molar-refractivity contribution >= 4 is 17.3 Å². The summed E-state index contributed by atoms with van der Waals surface area (Å²) >= 11 is 0. The molecule has 110 valence electrons. The summed E-state index contributed by atoms with van der Waals surface area (Å²) in [5, 5.41) is 0. The SMILES string of the molecule is COc1cccc(C(=O)N(C)c2cccc(N)c2)c1OC. The van der Waals surface area contributed by atoms with Crippen molar-refractivity contribution in [2.45, 2.75) is 0 Å². The molecule has 0 saturated carbocycles. The lowest BCUT2D eigenvalue weighted by Gasteiger charge is -2.20. The van der Waals surface area contributed by atoms with Crippen LogP contribution in [0.15, 0.2) is 42.5 Å². The first kappa shape index (κ1) is 14.7. The lowest BCUT2D eigenvalue weighted by Crippen LogP contribution is -2.26. The number of carbonyl (C=O) groups excluding carboxylic acids is 1. The summed E-state index contributed by atoms with van der Waals surface area (Å²) in [4.78, 5) is 14.2. The average Bonchev–Trinajstić information content (AvgIpc) is 2.52. The lowest BCUT2D eigenvalue weighted by atomic mass is 10.1. The molecule has 0 aliphatic heterocycles. The van der Waals surface area contributed by atoms with E-state index in [2.05, 4.69) is 0 Å². The van der Waals surface area contributed by atoms with E-state index in [-0.39, 0.29) is 5.91 Å². The molecule has 0 unspecified atom stereocenters. The summed E-state index contributed by atoms with van der Waals surface area (Å²) in [5.74, 6) is 0.737. The van der Waals surface area contributed by atoms with Crippen LogP contribution in [0.2, 0.25) is 0 Å². The maximum absolute atomic E-state index is 12.7. The van der Waals surface area contributed by atoms with Crippen LogP contribution in [0.1, 0.15) is 10.4 Å². The first-order chi connectivity index (χ1) is 10.1. The van der Waals surface area contributed by atoms with Crippen LogP contribution >= 0.6 is 0 Å². The normalized spacial score (nSPS) is 10.0. The van der Waals surface area contributed by atoms with Crippen LogP contribution in [0.25, 0.3) is 0 Å². The number of nitrogens with zero attached hydrogens (tertiary/aromatic N) is 1. The highest BCUT2D eigenvalue weighted by Gasteiger charge is 2.20. The number of methoxy groups -OCH3 is 2. The Bertz CT molecular complexity index is 656. The van der Waals surface area contributed by atoms with E-state index in [4.69, 9.17) is 15.2 Å². The third kappa shape index (κ3) is 2.91. The average molecular weight is 286 g/mol. The van der Waals surface area contributed by atoms with Crippen LogP contribution in [-0.2, 0) is 0 Å². The zero-order chi connectivity index (χ0) is 15.4. The van der Waals surface area contributed by atoms with Gasteiger partial charge in [0.2, 0.25) is 0 Å². The number of nitrogen functional groups attached to an aromatic ring is 1. The minimum Gasteiger partial charge on any atom is -0.493 e. The molecule has 2 rings (SSSR count). The Morgan fingerprint density at radius 1 is 1.10 bits per heavy atom. The van der Waals surface area contributed by atoms with Crippen molar-refractivity contribution in [1.29, 1.82) is 0 Å². The topological polar surface area (TPSA) is 64.8 Å².